The molecule has 0 bridgehead atoms. The average Bonchev–Trinajstić information content (AvgIpc) is 2.77. The molecular weight excluding hydrogens is 319 g/mol. The number of fused-ring (bicyclic) bond motifs is 1. The van der Waals surface area contributed by atoms with Gasteiger partial charge in [-0.1, -0.05) is 33.6 Å². The Morgan fingerprint density at radius 3 is 2.83 bits per heavy atom. The van der Waals surface area contributed by atoms with Crippen LogP contribution >= 0.6 is 27.5 Å². The van der Waals surface area contributed by atoms with Crippen molar-refractivity contribution in [2.24, 2.45) is 0 Å². The number of nitrogens with one attached hydrogen (secondary N) is 1. The molecule has 1 aromatic heterocycles. The SMILES string of the molecule is Fc1cccc2[nH]c(-c3cc(Cl)ccc3Br)nc12. The van der Waals surface area contributed by atoms with Crippen molar-refractivity contribution in [3.05, 3.63) is 51.7 Å². The van der Waals surface area contributed by atoms with Crippen molar-refractivity contribution in [3.63, 3.8) is 0 Å². The second-order valence-corrected chi connectivity index (χ2v) is 5.14. The number of hydrogen-bond acceptors (Lipinski definition) is 1. The molecule has 5 heteroatoms. The highest BCUT2D eigenvalue weighted by Gasteiger charge is 2.11. The Kier molecular flexibility index (Phi) is 2.84. The predicted molar refractivity (Wildman–Crippen MR) is 74.2 cm³/mol. The van der Waals surface area contributed by atoms with Crippen LogP contribution in [0.25, 0.3) is 22.4 Å². The number of nitrogens with zero attached hydrogens (tertiary/aromatic N) is 1. The standard InChI is InChI=1S/C13H7BrClFN2/c14-9-5-4-7(15)6-8(9)13-17-11-3-1-2-10(16)12(11)18-13/h1-6H,(H,17,18). The summed E-state index contributed by atoms with van der Waals surface area (Å²) in [6, 6.07) is 10.2. The van der Waals surface area contributed by atoms with Crippen molar-refractivity contribution in [2.45, 2.75) is 0 Å². The summed E-state index contributed by atoms with van der Waals surface area (Å²) in [4.78, 5) is 7.35. The van der Waals surface area contributed by atoms with E-state index in [4.69, 9.17) is 11.6 Å². The van der Waals surface area contributed by atoms with Crippen LogP contribution in [0.4, 0.5) is 4.39 Å². The molecule has 18 heavy (non-hydrogen) atoms. The van der Waals surface area contributed by atoms with Crippen LogP contribution < -0.4 is 0 Å². The number of halogens is 3. The van der Waals surface area contributed by atoms with Gasteiger partial charge in [0, 0.05) is 15.1 Å². The number of hydrogen-bond donors (Lipinski definition) is 1. The monoisotopic (exact) mass is 324 g/mol. The fourth-order valence-electron chi connectivity index (χ4n) is 1.80. The molecular formula is C13H7BrClFN2. The third-order valence-electron chi connectivity index (χ3n) is 2.65. The molecule has 0 aliphatic rings. The zero-order valence-corrected chi connectivity index (χ0v) is 11.4. The van der Waals surface area contributed by atoms with Gasteiger partial charge in [-0.2, -0.15) is 0 Å². The van der Waals surface area contributed by atoms with Gasteiger partial charge in [0.1, 0.15) is 11.3 Å². The van der Waals surface area contributed by atoms with E-state index in [9.17, 15) is 4.39 Å². The van der Waals surface area contributed by atoms with E-state index in [1.54, 1.807) is 24.3 Å². The van der Waals surface area contributed by atoms with Crippen molar-refractivity contribution >= 4 is 38.6 Å². The summed E-state index contributed by atoms with van der Waals surface area (Å²) in [7, 11) is 0. The van der Waals surface area contributed by atoms with Gasteiger partial charge in [0.15, 0.2) is 5.82 Å². The van der Waals surface area contributed by atoms with Crippen molar-refractivity contribution < 1.29 is 4.39 Å². The molecule has 3 rings (SSSR count). The van der Waals surface area contributed by atoms with Crippen molar-refractivity contribution in [3.8, 4) is 11.4 Å². The van der Waals surface area contributed by atoms with Crippen molar-refractivity contribution in [2.75, 3.05) is 0 Å². The van der Waals surface area contributed by atoms with Gasteiger partial charge in [-0.05, 0) is 30.3 Å². The van der Waals surface area contributed by atoms with Crippen LogP contribution in [0.1, 0.15) is 0 Å². The third kappa shape index (κ3) is 1.91. The maximum absolute atomic E-state index is 13.6. The largest absolute Gasteiger partial charge is 0.338 e. The lowest BCUT2D eigenvalue weighted by atomic mass is 10.2. The molecule has 0 saturated carbocycles. The maximum Gasteiger partial charge on any atom is 0.151 e. The first-order valence-corrected chi connectivity index (χ1v) is 6.42. The molecule has 0 atom stereocenters. The van der Waals surface area contributed by atoms with Gasteiger partial charge in [0.25, 0.3) is 0 Å². The van der Waals surface area contributed by atoms with Crippen LogP contribution in [0.5, 0.6) is 0 Å². The van der Waals surface area contributed by atoms with E-state index >= 15 is 0 Å². The van der Waals surface area contributed by atoms with Gasteiger partial charge >= 0.3 is 0 Å². The fraction of sp³-hybridized carbons (Fsp3) is 0. The smallest absolute Gasteiger partial charge is 0.151 e. The molecule has 0 fully saturated rings. The summed E-state index contributed by atoms with van der Waals surface area (Å²) >= 11 is 9.39. The lowest BCUT2D eigenvalue weighted by Crippen LogP contribution is -1.82. The van der Waals surface area contributed by atoms with Crippen molar-refractivity contribution in [1.82, 2.24) is 9.97 Å². The zero-order chi connectivity index (χ0) is 12.7. The summed E-state index contributed by atoms with van der Waals surface area (Å²) in [5, 5.41) is 0.606. The van der Waals surface area contributed by atoms with Crippen LogP contribution in [0.15, 0.2) is 40.9 Å². The maximum atomic E-state index is 13.6. The second-order valence-electron chi connectivity index (χ2n) is 3.85. The Labute approximate surface area is 116 Å². The number of aromatic amines is 1. The number of H-pyrrole nitrogens is 1. The lowest BCUT2D eigenvalue weighted by molar-refractivity contribution is 0.637. The molecule has 0 spiro atoms. The summed E-state index contributed by atoms with van der Waals surface area (Å²) < 4.78 is 14.4. The topological polar surface area (TPSA) is 28.7 Å². The van der Waals surface area contributed by atoms with Gasteiger partial charge in [-0.3, -0.25) is 0 Å². The molecule has 0 radical (unpaired) electrons. The van der Waals surface area contributed by atoms with E-state index in [0.29, 0.717) is 21.9 Å². The summed E-state index contributed by atoms with van der Waals surface area (Å²) in [6.07, 6.45) is 0. The first-order valence-electron chi connectivity index (χ1n) is 5.25. The highest BCUT2D eigenvalue weighted by atomic mass is 79.9. The van der Waals surface area contributed by atoms with E-state index in [1.807, 2.05) is 6.07 Å². The minimum atomic E-state index is -0.340. The Morgan fingerprint density at radius 1 is 1.22 bits per heavy atom. The van der Waals surface area contributed by atoms with Crippen LogP contribution in [0.2, 0.25) is 5.02 Å². The lowest BCUT2D eigenvalue weighted by Gasteiger charge is -2.00. The molecule has 1 heterocycles. The molecule has 0 saturated heterocycles. The zero-order valence-electron chi connectivity index (χ0n) is 9.05. The number of benzene rings is 2. The Balaban J connectivity index is 2.26. The minimum Gasteiger partial charge on any atom is -0.338 e. The summed E-state index contributed by atoms with van der Waals surface area (Å²) in [5.41, 5.74) is 1.80. The van der Waals surface area contributed by atoms with Gasteiger partial charge in [-0.15, -0.1) is 0 Å². The molecule has 0 amide bonds. The second kappa shape index (κ2) is 4.37. The Hall–Kier alpha value is -1.39. The summed E-state index contributed by atoms with van der Waals surface area (Å²) in [5.74, 6) is 0.248. The number of para-hydroxylation sites is 1. The normalized spacial score (nSPS) is 11.1. The molecule has 0 aliphatic heterocycles. The van der Waals surface area contributed by atoms with E-state index in [-0.39, 0.29) is 5.82 Å². The van der Waals surface area contributed by atoms with E-state index in [1.165, 1.54) is 6.07 Å². The van der Waals surface area contributed by atoms with Gasteiger partial charge in [0.05, 0.1) is 5.52 Å². The van der Waals surface area contributed by atoms with Gasteiger partial charge in [-0.25, -0.2) is 9.37 Å². The molecule has 90 valence electrons. The van der Waals surface area contributed by atoms with E-state index in [0.717, 1.165) is 10.0 Å². The Morgan fingerprint density at radius 2 is 2.06 bits per heavy atom. The molecule has 0 aliphatic carbocycles. The fourth-order valence-corrected chi connectivity index (χ4v) is 2.41. The molecule has 2 nitrogen and oxygen atoms in total. The van der Waals surface area contributed by atoms with E-state index in [2.05, 4.69) is 25.9 Å². The average molecular weight is 326 g/mol. The molecule has 3 aromatic rings. The van der Waals surface area contributed by atoms with Gasteiger partial charge in [0.2, 0.25) is 0 Å². The van der Waals surface area contributed by atoms with Crippen LogP contribution in [-0.4, -0.2) is 9.97 Å². The molecule has 2 aromatic carbocycles. The van der Waals surface area contributed by atoms with E-state index < -0.39 is 0 Å². The number of rotatable bonds is 1. The van der Waals surface area contributed by atoms with Crippen LogP contribution in [-0.2, 0) is 0 Å². The van der Waals surface area contributed by atoms with Crippen LogP contribution in [0.3, 0.4) is 0 Å². The van der Waals surface area contributed by atoms with Crippen LogP contribution in [0, 0.1) is 5.82 Å². The molecule has 0 unspecified atom stereocenters. The quantitative estimate of drug-likeness (QED) is 0.685. The predicted octanol–water partition coefficient (Wildman–Crippen LogP) is 4.78. The first kappa shape index (κ1) is 11.7. The third-order valence-corrected chi connectivity index (χ3v) is 3.57. The molecule has 1 N–H and O–H groups in total. The Bertz CT molecular complexity index is 739. The number of aromatic nitrogens is 2. The minimum absolute atomic E-state index is 0.333. The summed E-state index contributed by atoms with van der Waals surface area (Å²) in [6.45, 7) is 0. The first-order chi connectivity index (χ1) is 8.65. The highest BCUT2D eigenvalue weighted by Crippen LogP contribution is 2.30. The van der Waals surface area contributed by atoms with Gasteiger partial charge < -0.3 is 4.98 Å². The highest BCUT2D eigenvalue weighted by molar-refractivity contribution is 9.10. The number of imidazole rings is 1. The van der Waals surface area contributed by atoms with Crippen molar-refractivity contribution in [1.29, 1.82) is 0 Å².